The Morgan fingerprint density at radius 3 is 2.81 bits per heavy atom. The van der Waals surface area contributed by atoms with Crippen molar-refractivity contribution in [2.75, 3.05) is 0 Å². The third kappa shape index (κ3) is 4.19. The third-order valence-electron chi connectivity index (χ3n) is 2.33. The monoisotopic (exact) mass is 282 g/mol. The molecule has 0 aromatic heterocycles. The number of carbonyl (C=O) groups is 1. The van der Waals surface area contributed by atoms with Crippen molar-refractivity contribution < 1.29 is 9.90 Å². The molecular weight excluding hydrogens is 268 g/mol. The molecule has 0 fully saturated rings. The summed E-state index contributed by atoms with van der Waals surface area (Å²) in [6.07, 6.45) is 3.70. The largest absolute Gasteiger partial charge is 0.481 e. The molecule has 1 N–H and O–H groups in total. The Labute approximate surface area is 104 Å². The second-order valence-corrected chi connectivity index (χ2v) is 4.44. The summed E-state index contributed by atoms with van der Waals surface area (Å²) in [6, 6.07) is 8.06. The van der Waals surface area contributed by atoms with Gasteiger partial charge in [0.1, 0.15) is 0 Å². The van der Waals surface area contributed by atoms with Crippen molar-refractivity contribution in [1.82, 2.24) is 0 Å². The molecular formula is C13H15BrO2. The highest BCUT2D eigenvalue weighted by Crippen LogP contribution is 2.22. The van der Waals surface area contributed by atoms with Crippen molar-refractivity contribution >= 4 is 27.5 Å². The van der Waals surface area contributed by atoms with Crippen LogP contribution in [-0.2, 0) is 4.79 Å². The molecule has 0 aliphatic heterocycles. The summed E-state index contributed by atoms with van der Waals surface area (Å²) in [5.41, 5.74) is 2.35. The van der Waals surface area contributed by atoms with Gasteiger partial charge in [0.2, 0.25) is 0 Å². The summed E-state index contributed by atoms with van der Waals surface area (Å²) in [4.78, 5) is 10.4. The molecule has 86 valence electrons. The molecule has 16 heavy (non-hydrogen) atoms. The first kappa shape index (κ1) is 13.0. The van der Waals surface area contributed by atoms with Crippen LogP contribution in [0.5, 0.6) is 0 Å². The summed E-state index contributed by atoms with van der Waals surface area (Å²) in [5, 5.41) is 8.58. The summed E-state index contributed by atoms with van der Waals surface area (Å²) >= 11 is 3.43. The van der Waals surface area contributed by atoms with Gasteiger partial charge in [-0.3, -0.25) is 4.79 Å². The fourth-order valence-electron chi connectivity index (χ4n) is 1.52. The van der Waals surface area contributed by atoms with Gasteiger partial charge in [-0.05, 0) is 36.1 Å². The first-order valence-electron chi connectivity index (χ1n) is 5.30. The fraction of sp³-hybridized carbons (Fsp3) is 0.308. The summed E-state index contributed by atoms with van der Waals surface area (Å²) in [6.45, 7) is 2.08. The van der Waals surface area contributed by atoms with Crippen molar-refractivity contribution in [3.63, 3.8) is 0 Å². The van der Waals surface area contributed by atoms with Gasteiger partial charge >= 0.3 is 5.97 Å². The molecule has 1 aromatic carbocycles. The van der Waals surface area contributed by atoms with Crippen molar-refractivity contribution in [3.05, 3.63) is 40.4 Å². The highest BCUT2D eigenvalue weighted by Gasteiger charge is 2.00. The van der Waals surface area contributed by atoms with Gasteiger partial charge in [-0.2, -0.15) is 0 Å². The van der Waals surface area contributed by atoms with Gasteiger partial charge in [0.05, 0.1) is 0 Å². The molecule has 0 aliphatic rings. The van der Waals surface area contributed by atoms with Gasteiger partial charge in [-0.1, -0.05) is 41.1 Å². The number of carboxylic acid groups (broad SMARTS) is 1. The SMILES string of the molecule is CC/C(=C/CCC(=O)O)c1cccc(Br)c1. The minimum absolute atomic E-state index is 0.192. The fourth-order valence-corrected chi connectivity index (χ4v) is 1.92. The molecule has 0 spiro atoms. The van der Waals surface area contributed by atoms with E-state index >= 15 is 0 Å². The Bertz CT molecular complexity index is 397. The van der Waals surface area contributed by atoms with Gasteiger partial charge in [-0.15, -0.1) is 0 Å². The Morgan fingerprint density at radius 2 is 2.25 bits per heavy atom. The first-order chi connectivity index (χ1) is 7.63. The smallest absolute Gasteiger partial charge is 0.303 e. The molecule has 1 rings (SSSR count). The maximum absolute atomic E-state index is 10.4. The van der Waals surface area contributed by atoms with Crippen LogP contribution >= 0.6 is 15.9 Å². The minimum atomic E-state index is -0.749. The second-order valence-electron chi connectivity index (χ2n) is 3.53. The van der Waals surface area contributed by atoms with Gasteiger partial charge in [0, 0.05) is 10.9 Å². The molecule has 0 atom stereocenters. The molecule has 0 aliphatic carbocycles. The van der Waals surface area contributed by atoms with Crippen LogP contribution in [-0.4, -0.2) is 11.1 Å². The van der Waals surface area contributed by atoms with Crippen LogP contribution in [0.2, 0.25) is 0 Å². The van der Waals surface area contributed by atoms with E-state index in [4.69, 9.17) is 5.11 Å². The molecule has 0 saturated carbocycles. The number of benzene rings is 1. The lowest BCUT2D eigenvalue weighted by Crippen LogP contribution is -1.92. The van der Waals surface area contributed by atoms with Crippen LogP contribution in [0.1, 0.15) is 31.7 Å². The predicted molar refractivity (Wildman–Crippen MR) is 69.3 cm³/mol. The lowest BCUT2D eigenvalue weighted by atomic mass is 10.0. The van der Waals surface area contributed by atoms with E-state index in [9.17, 15) is 4.79 Å². The summed E-state index contributed by atoms with van der Waals surface area (Å²) < 4.78 is 1.04. The quantitative estimate of drug-likeness (QED) is 0.883. The molecule has 0 bridgehead atoms. The Hall–Kier alpha value is -1.09. The number of rotatable bonds is 5. The molecule has 0 amide bonds. The number of aliphatic carboxylic acids is 1. The topological polar surface area (TPSA) is 37.3 Å². The van der Waals surface area contributed by atoms with Crippen LogP contribution < -0.4 is 0 Å². The van der Waals surface area contributed by atoms with E-state index < -0.39 is 5.97 Å². The summed E-state index contributed by atoms with van der Waals surface area (Å²) in [5.74, 6) is -0.749. The normalized spacial score (nSPS) is 11.5. The van der Waals surface area contributed by atoms with E-state index in [2.05, 4.69) is 28.9 Å². The molecule has 0 saturated heterocycles. The zero-order chi connectivity index (χ0) is 12.0. The van der Waals surface area contributed by atoms with Gasteiger partial charge in [-0.25, -0.2) is 0 Å². The maximum Gasteiger partial charge on any atom is 0.303 e. The Kier molecular flexibility index (Phi) is 5.26. The zero-order valence-electron chi connectivity index (χ0n) is 9.24. The van der Waals surface area contributed by atoms with Crippen molar-refractivity contribution in [1.29, 1.82) is 0 Å². The second kappa shape index (κ2) is 6.48. The van der Waals surface area contributed by atoms with E-state index in [0.717, 1.165) is 16.5 Å². The highest BCUT2D eigenvalue weighted by atomic mass is 79.9. The van der Waals surface area contributed by atoms with E-state index in [0.29, 0.717) is 6.42 Å². The van der Waals surface area contributed by atoms with E-state index in [-0.39, 0.29) is 6.42 Å². The molecule has 2 nitrogen and oxygen atoms in total. The highest BCUT2D eigenvalue weighted by molar-refractivity contribution is 9.10. The van der Waals surface area contributed by atoms with Crippen LogP contribution in [0, 0.1) is 0 Å². The van der Waals surface area contributed by atoms with Gasteiger partial charge in [0.15, 0.2) is 0 Å². The number of carboxylic acids is 1. The van der Waals surface area contributed by atoms with Crippen molar-refractivity contribution in [3.8, 4) is 0 Å². The predicted octanol–water partition coefficient (Wildman–Crippen LogP) is 4.11. The zero-order valence-corrected chi connectivity index (χ0v) is 10.8. The van der Waals surface area contributed by atoms with E-state index in [1.807, 2.05) is 24.3 Å². The van der Waals surface area contributed by atoms with Gasteiger partial charge < -0.3 is 5.11 Å². The Morgan fingerprint density at radius 1 is 1.50 bits per heavy atom. The molecule has 1 aromatic rings. The standard InChI is InChI=1S/C13H15BrO2/c1-2-10(5-4-8-13(15)16)11-6-3-7-12(14)9-11/h3,5-7,9H,2,4,8H2,1H3,(H,15,16)/b10-5-. The molecule has 3 heteroatoms. The lowest BCUT2D eigenvalue weighted by molar-refractivity contribution is -0.136. The Balaban J connectivity index is 2.77. The minimum Gasteiger partial charge on any atom is -0.481 e. The number of hydrogen-bond donors (Lipinski definition) is 1. The van der Waals surface area contributed by atoms with E-state index in [1.54, 1.807) is 0 Å². The molecule has 0 heterocycles. The number of hydrogen-bond acceptors (Lipinski definition) is 1. The molecule has 0 unspecified atom stereocenters. The third-order valence-corrected chi connectivity index (χ3v) is 2.82. The average molecular weight is 283 g/mol. The molecule has 0 radical (unpaired) electrons. The maximum atomic E-state index is 10.4. The van der Waals surface area contributed by atoms with Crippen LogP contribution in [0.4, 0.5) is 0 Å². The van der Waals surface area contributed by atoms with E-state index in [1.165, 1.54) is 5.57 Å². The van der Waals surface area contributed by atoms with Crippen molar-refractivity contribution in [2.24, 2.45) is 0 Å². The number of halogens is 1. The lowest BCUT2D eigenvalue weighted by Gasteiger charge is -2.05. The summed E-state index contributed by atoms with van der Waals surface area (Å²) in [7, 11) is 0. The van der Waals surface area contributed by atoms with Crippen LogP contribution in [0.15, 0.2) is 34.8 Å². The van der Waals surface area contributed by atoms with Crippen LogP contribution in [0.25, 0.3) is 5.57 Å². The van der Waals surface area contributed by atoms with Crippen LogP contribution in [0.3, 0.4) is 0 Å². The average Bonchev–Trinajstić information content (AvgIpc) is 2.24. The number of allylic oxidation sites excluding steroid dienone is 2. The van der Waals surface area contributed by atoms with Gasteiger partial charge in [0.25, 0.3) is 0 Å². The van der Waals surface area contributed by atoms with Crippen molar-refractivity contribution in [2.45, 2.75) is 26.2 Å². The first-order valence-corrected chi connectivity index (χ1v) is 6.09.